The van der Waals surface area contributed by atoms with Crippen LogP contribution >= 0.6 is 0 Å². The van der Waals surface area contributed by atoms with Crippen LogP contribution in [0.1, 0.15) is 127 Å². The number of nitrogens with zero attached hydrogens (tertiary/aromatic N) is 3. The first-order valence-corrected chi connectivity index (χ1v) is 24.0. The molecule has 65 heavy (non-hydrogen) atoms. The number of aromatic amines is 1. The molecule has 13 rings (SSSR count). The third-order valence-corrected chi connectivity index (χ3v) is 15.5. The number of nitrogens with one attached hydrogen (secondary N) is 1. The third kappa shape index (κ3) is 7.46. The van der Waals surface area contributed by atoms with Gasteiger partial charge in [-0.05, 0) is 148 Å². The van der Waals surface area contributed by atoms with E-state index in [0.29, 0.717) is 23.7 Å². The molecule has 4 nitrogen and oxygen atoms in total. The van der Waals surface area contributed by atoms with Crippen LogP contribution in [0.4, 0.5) is 0 Å². The molecule has 6 aliphatic rings. The van der Waals surface area contributed by atoms with Gasteiger partial charge in [0.05, 0.1) is 22.5 Å². The molecule has 4 aliphatic carbocycles. The minimum absolute atomic E-state index is 0. The van der Waals surface area contributed by atoms with E-state index in [1.807, 2.05) is 0 Å². The summed E-state index contributed by atoms with van der Waals surface area (Å²) in [6.45, 7) is 4.68. The summed E-state index contributed by atoms with van der Waals surface area (Å²) >= 11 is 0. The molecule has 0 saturated heterocycles. The van der Waals surface area contributed by atoms with E-state index in [2.05, 4.69) is 176 Å². The van der Waals surface area contributed by atoms with E-state index in [0.717, 1.165) is 84.5 Å². The van der Waals surface area contributed by atoms with Crippen molar-refractivity contribution < 1.29 is 37.3 Å². The normalized spacial score (nSPS) is 20.5. The Kier molecular flexibility index (Phi) is 10.2. The zero-order valence-electron chi connectivity index (χ0n) is 37.7. The standard InChI is InChI=1S/C60H53N4.Y/c1-4-36-34-48(36)42-15-23-46(24-16-42)60-54-30-27-51(62-54)57(43-17-9-39(10-18-43)37-5-6-37)49-25-26-50(61-49)58(44-21-13-41(14-22-44)47-33-35(47)2)52-28-29-53(63-52)59(55-31-32-56(60)64(55)3)45-19-11-40(12-20-45)38-7-8-38;/h9-32,35-38,47-48H,4-8,33-34H2,1-3H3;/q-1;/p+1. The number of aromatic nitrogens is 4. The monoisotopic (exact) mass is 919 g/mol. The number of rotatable bonds is 9. The second-order valence-electron chi connectivity index (χ2n) is 19.7. The average Bonchev–Trinajstić information content (AvgIpc) is 4.27. The molecule has 1 N–H and O–H groups in total. The van der Waals surface area contributed by atoms with E-state index in [9.17, 15) is 0 Å². The van der Waals surface area contributed by atoms with Crippen LogP contribution in [0.15, 0.2) is 121 Å². The summed E-state index contributed by atoms with van der Waals surface area (Å²) < 4.78 is 2.40. The second-order valence-corrected chi connectivity index (χ2v) is 19.7. The molecule has 4 unspecified atom stereocenters. The molecular formula is C60H54N4Y. The van der Waals surface area contributed by atoms with Crippen molar-refractivity contribution in [2.45, 2.75) is 82.5 Å². The predicted octanol–water partition coefficient (Wildman–Crippen LogP) is 14.8. The van der Waals surface area contributed by atoms with Crippen LogP contribution in [0.3, 0.4) is 0 Å². The molecule has 8 bridgehead atoms. The molecule has 1 radical (unpaired) electrons. The molecule has 7 aromatic rings. The minimum atomic E-state index is 0. The maximum absolute atomic E-state index is 5.62. The van der Waals surface area contributed by atoms with Crippen molar-refractivity contribution in [3.05, 3.63) is 166 Å². The van der Waals surface area contributed by atoms with Crippen LogP contribution in [0.5, 0.6) is 0 Å². The van der Waals surface area contributed by atoms with Gasteiger partial charge in [-0.1, -0.05) is 129 Å². The van der Waals surface area contributed by atoms with Gasteiger partial charge in [-0.15, -0.1) is 11.0 Å². The fraction of sp³-hybridized carbons (Fsp3) is 0.267. The summed E-state index contributed by atoms with van der Waals surface area (Å²) in [5.74, 6) is 4.28. The summed E-state index contributed by atoms with van der Waals surface area (Å²) in [6.07, 6.45) is 18.0. The molecule has 317 valence electrons. The third-order valence-electron chi connectivity index (χ3n) is 15.5. The van der Waals surface area contributed by atoms with Crippen LogP contribution in [-0.2, 0) is 39.8 Å². The van der Waals surface area contributed by atoms with Gasteiger partial charge in [-0.3, -0.25) is 0 Å². The van der Waals surface area contributed by atoms with Crippen molar-refractivity contribution in [1.82, 2.24) is 15.0 Å². The summed E-state index contributed by atoms with van der Waals surface area (Å²) in [6, 6.07) is 46.4. The molecule has 4 atom stereocenters. The van der Waals surface area contributed by atoms with Gasteiger partial charge in [0.1, 0.15) is 7.05 Å². The number of benzene rings is 4. The smallest absolute Gasteiger partial charge is 0.215 e. The number of H-pyrrole nitrogens is 1. The molecular weight excluding hydrogens is 866 g/mol. The molecule has 4 aromatic carbocycles. The number of fused-ring (bicyclic) bond motifs is 8. The van der Waals surface area contributed by atoms with Gasteiger partial charge >= 0.3 is 0 Å². The van der Waals surface area contributed by atoms with Crippen LogP contribution in [0, 0.1) is 11.8 Å². The fourth-order valence-corrected chi connectivity index (χ4v) is 11.1. The zero-order valence-corrected chi connectivity index (χ0v) is 40.5. The molecule has 5 heterocycles. The Morgan fingerprint density at radius 3 is 1.49 bits per heavy atom. The van der Waals surface area contributed by atoms with Crippen molar-refractivity contribution in [3.8, 4) is 44.5 Å². The van der Waals surface area contributed by atoms with Crippen LogP contribution in [0.2, 0.25) is 0 Å². The maximum Gasteiger partial charge on any atom is 0.215 e. The van der Waals surface area contributed by atoms with Gasteiger partial charge in [0.15, 0.2) is 0 Å². The largest absolute Gasteiger partial charge is 0.657 e. The van der Waals surface area contributed by atoms with Crippen molar-refractivity contribution in [1.29, 1.82) is 0 Å². The van der Waals surface area contributed by atoms with Crippen molar-refractivity contribution >= 4 is 46.4 Å². The fourth-order valence-electron chi connectivity index (χ4n) is 11.1. The van der Waals surface area contributed by atoms with Gasteiger partial charge in [0.2, 0.25) is 11.4 Å². The van der Waals surface area contributed by atoms with Crippen LogP contribution in [0.25, 0.3) is 90.9 Å². The van der Waals surface area contributed by atoms with Gasteiger partial charge in [-0.2, -0.15) is 4.57 Å². The van der Waals surface area contributed by atoms with Crippen molar-refractivity contribution in [2.75, 3.05) is 0 Å². The van der Waals surface area contributed by atoms with E-state index in [-0.39, 0.29) is 32.7 Å². The Bertz CT molecular complexity index is 3230. The molecule has 0 spiro atoms. The van der Waals surface area contributed by atoms with E-state index in [1.54, 1.807) is 0 Å². The molecule has 4 saturated carbocycles. The summed E-state index contributed by atoms with van der Waals surface area (Å²) in [7, 11) is 2.23. The summed E-state index contributed by atoms with van der Waals surface area (Å²) in [5, 5.41) is 0. The van der Waals surface area contributed by atoms with Crippen LogP contribution in [-0.4, -0.2) is 9.97 Å². The van der Waals surface area contributed by atoms with Gasteiger partial charge < -0.3 is 9.97 Å². The number of hydrogen-bond donors (Lipinski definition) is 1. The van der Waals surface area contributed by atoms with Gasteiger partial charge in [0, 0.05) is 61.5 Å². The first kappa shape index (κ1) is 41.0. The quantitative estimate of drug-likeness (QED) is 0.147. The molecule has 4 fully saturated rings. The van der Waals surface area contributed by atoms with Crippen molar-refractivity contribution in [3.63, 3.8) is 0 Å². The second kappa shape index (κ2) is 16.2. The first-order valence-electron chi connectivity index (χ1n) is 24.0. The Hall–Kier alpha value is -5.42. The van der Waals surface area contributed by atoms with E-state index in [1.165, 1.54) is 83.9 Å². The topological polar surface area (TPSA) is 46.7 Å². The Morgan fingerprint density at radius 1 is 0.523 bits per heavy atom. The molecule has 0 amide bonds. The Morgan fingerprint density at radius 2 is 0.969 bits per heavy atom. The van der Waals surface area contributed by atoms with Crippen LogP contribution < -0.4 is 9.55 Å². The average molecular weight is 920 g/mol. The maximum atomic E-state index is 5.62. The molecule has 3 aromatic heterocycles. The zero-order chi connectivity index (χ0) is 42.6. The minimum Gasteiger partial charge on any atom is -0.657 e. The summed E-state index contributed by atoms with van der Waals surface area (Å²) in [5.41, 5.74) is 23.1. The van der Waals surface area contributed by atoms with Gasteiger partial charge in [0.25, 0.3) is 0 Å². The molecule has 2 aliphatic heterocycles. The van der Waals surface area contributed by atoms with E-state index >= 15 is 0 Å². The molecule has 5 heteroatoms. The SMILES string of the molecule is CCC1CC1c1ccc(-c2c3[n+](C)c(c(-c4ccc(C5CC5)cc4)c4ccc([nH]4)c(-c4ccc(C5CC5C)cc4)c4nc(c(-c5ccc(C6CC6)cc5)c5ccc2[n-]5)C=C4)C=C3)cc1.[Y]. The number of hydrogen-bond acceptors (Lipinski definition) is 1. The van der Waals surface area contributed by atoms with E-state index < -0.39 is 0 Å². The first-order chi connectivity index (χ1) is 31.5. The Balaban J connectivity index is 0.00000444. The predicted molar refractivity (Wildman–Crippen MR) is 265 cm³/mol. The summed E-state index contributed by atoms with van der Waals surface area (Å²) in [4.78, 5) is 15.2. The van der Waals surface area contributed by atoms with Gasteiger partial charge in [-0.25, -0.2) is 4.98 Å². The Labute approximate surface area is 407 Å². The van der Waals surface area contributed by atoms with Crippen molar-refractivity contribution in [2.24, 2.45) is 18.9 Å². The van der Waals surface area contributed by atoms with E-state index in [4.69, 9.17) is 9.97 Å².